The van der Waals surface area contributed by atoms with E-state index in [4.69, 9.17) is 12.2 Å². The summed E-state index contributed by atoms with van der Waals surface area (Å²) in [7, 11) is 2.04. The number of aryl methyl sites for hydroxylation is 1. The predicted molar refractivity (Wildman–Crippen MR) is 127 cm³/mol. The zero-order chi connectivity index (χ0) is 22.8. The van der Waals surface area contributed by atoms with Crippen LogP contribution in [-0.4, -0.2) is 32.0 Å². The van der Waals surface area contributed by atoms with E-state index in [0.717, 1.165) is 22.6 Å². The first-order valence-corrected chi connectivity index (χ1v) is 10.9. The third kappa shape index (κ3) is 4.23. The number of nitrogens with one attached hydrogen (secondary N) is 2. The summed E-state index contributed by atoms with van der Waals surface area (Å²) >= 11 is 5.67. The van der Waals surface area contributed by atoms with Crippen LogP contribution >= 0.6 is 12.2 Å². The molecule has 4 rings (SSSR count). The molecule has 0 spiro atoms. The van der Waals surface area contributed by atoms with Crippen LogP contribution in [0.25, 0.3) is 0 Å². The van der Waals surface area contributed by atoms with Gasteiger partial charge in [-0.3, -0.25) is 9.78 Å². The molecule has 1 aliphatic rings. The molecule has 1 fully saturated rings. The van der Waals surface area contributed by atoms with Crippen LogP contribution in [0.3, 0.4) is 0 Å². The molecule has 1 saturated heterocycles. The molecule has 0 aliphatic carbocycles. The number of aromatic nitrogens is 2. The van der Waals surface area contributed by atoms with Crippen LogP contribution in [0, 0.1) is 19.7 Å². The van der Waals surface area contributed by atoms with Gasteiger partial charge in [-0.25, -0.2) is 4.39 Å². The zero-order valence-corrected chi connectivity index (χ0v) is 19.1. The Morgan fingerprint density at radius 1 is 1.22 bits per heavy atom. The standard InChI is InChI=1S/C24H26FN5OS/c1-15-14-17(16(2)29(15)3)23-22(20-10-6-7-12-26-20)28-24(32)30(23)13-11-21(31)27-19-9-5-4-8-18(19)25/h4-10,12,14,22-23H,11,13H2,1-3H3,(H,27,31)(H,28,32)/t22-,23+/m0/s1. The van der Waals surface area contributed by atoms with Gasteiger partial charge in [-0.1, -0.05) is 18.2 Å². The van der Waals surface area contributed by atoms with Crippen molar-refractivity contribution in [2.45, 2.75) is 32.4 Å². The average molecular weight is 452 g/mol. The number of pyridine rings is 1. The maximum absolute atomic E-state index is 13.9. The summed E-state index contributed by atoms with van der Waals surface area (Å²) in [6, 6.07) is 13.9. The number of benzene rings is 1. The Kier molecular flexibility index (Phi) is 6.23. The highest BCUT2D eigenvalue weighted by atomic mass is 32.1. The summed E-state index contributed by atoms with van der Waals surface area (Å²) in [5.74, 6) is -0.721. The van der Waals surface area contributed by atoms with E-state index in [2.05, 4.69) is 40.1 Å². The topological polar surface area (TPSA) is 62.2 Å². The highest BCUT2D eigenvalue weighted by molar-refractivity contribution is 7.80. The smallest absolute Gasteiger partial charge is 0.226 e. The number of hydrogen-bond acceptors (Lipinski definition) is 3. The van der Waals surface area contributed by atoms with Gasteiger partial charge in [-0.2, -0.15) is 0 Å². The van der Waals surface area contributed by atoms with Crippen molar-refractivity contribution < 1.29 is 9.18 Å². The SMILES string of the molecule is Cc1cc([C@@H]2[C@H](c3ccccn3)NC(=S)N2CCC(=O)Nc2ccccc2F)c(C)n1C. The molecular weight excluding hydrogens is 425 g/mol. The molecule has 8 heteroatoms. The largest absolute Gasteiger partial charge is 0.352 e. The lowest BCUT2D eigenvalue weighted by molar-refractivity contribution is -0.116. The minimum Gasteiger partial charge on any atom is -0.352 e. The van der Waals surface area contributed by atoms with Gasteiger partial charge in [-0.05, 0) is 62.0 Å². The molecule has 2 atom stereocenters. The van der Waals surface area contributed by atoms with Crippen molar-refractivity contribution in [2.24, 2.45) is 7.05 Å². The number of thiocarbonyl (C=S) groups is 1. The fraction of sp³-hybridized carbons (Fsp3) is 0.292. The van der Waals surface area contributed by atoms with Crippen molar-refractivity contribution in [3.05, 3.63) is 83.2 Å². The third-order valence-corrected chi connectivity index (χ3v) is 6.41. The number of para-hydroxylation sites is 1. The second-order valence-corrected chi connectivity index (χ2v) is 8.37. The van der Waals surface area contributed by atoms with Crippen LogP contribution in [-0.2, 0) is 11.8 Å². The van der Waals surface area contributed by atoms with Crippen molar-refractivity contribution in [3.8, 4) is 0 Å². The molecule has 32 heavy (non-hydrogen) atoms. The number of nitrogens with zero attached hydrogens (tertiary/aromatic N) is 3. The van der Waals surface area contributed by atoms with Crippen molar-refractivity contribution in [3.63, 3.8) is 0 Å². The summed E-state index contributed by atoms with van der Waals surface area (Å²) < 4.78 is 16.0. The van der Waals surface area contributed by atoms with Crippen LogP contribution < -0.4 is 10.6 Å². The van der Waals surface area contributed by atoms with Gasteiger partial charge in [0, 0.05) is 37.6 Å². The van der Waals surface area contributed by atoms with E-state index in [9.17, 15) is 9.18 Å². The van der Waals surface area contributed by atoms with Gasteiger partial charge in [0.15, 0.2) is 5.11 Å². The first-order chi connectivity index (χ1) is 15.4. The summed E-state index contributed by atoms with van der Waals surface area (Å²) in [5.41, 5.74) is 4.49. The normalized spacial score (nSPS) is 18.0. The van der Waals surface area contributed by atoms with Crippen molar-refractivity contribution >= 4 is 28.9 Å². The predicted octanol–water partition coefficient (Wildman–Crippen LogP) is 4.18. The minimum absolute atomic E-state index is 0.112. The van der Waals surface area contributed by atoms with Gasteiger partial charge >= 0.3 is 0 Å². The molecule has 2 aromatic heterocycles. The van der Waals surface area contributed by atoms with Crippen molar-refractivity contribution in [1.29, 1.82) is 0 Å². The molecule has 3 aromatic rings. The number of amides is 1. The molecule has 2 N–H and O–H groups in total. The van der Waals surface area contributed by atoms with Gasteiger partial charge in [0.1, 0.15) is 5.82 Å². The maximum atomic E-state index is 13.9. The number of carbonyl (C=O) groups excluding carboxylic acids is 1. The van der Waals surface area contributed by atoms with E-state index in [1.807, 2.05) is 30.1 Å². The fourth-order valence-corrected chi connectivity index (χ4v) is 4.50. The summed E-state index contributed by atoms with van der Waals surface area (Å²) in [4.78, 5) is 19.2. The van der Waals surface area contributed by atoms with Gasteiger partial charge in [0.05, 0.1) is 23.5 Å². The van der Waals surface area contributed by atoms with Gasteiger partial charge in [0.25, 0.3) is 0 Å². The average Bonchev–Trinajstić information content (AvgIpc) is 3.25. The second kappa shape index (κ2) is 9.08. The van der Waals surface area contributed by atoms with E-state index in [0.29, 0.717) is 11.7 Å². The van der Waals surface area contributed by atoms with Crippen LogP contribution in [0.15, 0.2) is 54.7 Å². The molecule has 1 aromatic carbocycles. The van der Waals surface area contributed by atoms with Crippen LogP contribution in [0.4, 0.5) is 10.1 Å². The highest BCUT2D eigenvalue weighted by Gasteiger charge is 2.41. The molecule has 0 saturated carbocycles. The zero-order valence-electron chi connectivity index (χ0n) is 18.3. The first-order valence-electron chi connectivity index (χ1n) is 10.5. The highest BCUT2D eigenvalue weighted by Crippen LogP contribution is 2.40. The summed E-state index contributed by atoms with van der Waals surface area (Å²) in [5, 5.41) is 6.63. The molecule has 0 bridgehead atoms. The fourth-order valence-electron chi connectivity index (χ4n) is 4.17. The van der Waals surface area contributed by atoms with Gasteiger partial charge < -0.3 is 20.1 Å². The van der Waals surface area contributed by atoms with Crippen LogP contribution in [0.1, 0.15) is 41.1 Å². The number of halogens is 1. The van der Waals surface area contributed by atoms with E-state index in [1.54, 1.807) is 24.4 Å². The Balaban J connectivity index is 1.59. The molecule has 166 valence electrons. The van der Waals surface area contributed by atoms with E-state index in [-0.39, 0.29) is 30.1 Å². The number of carbonyl (C=O) groups is 1. The Morgan fingerprint density at radius 3 is 2.62 bits per heavy atom. The molecule has 0 radical (unpaired) electrons. The molecule has 6 nitrogen and oxygen atoms in total. The number of hydrogen-bond donors (Lipinski definition) is 2. The quantitative estimate of drug-likeness (QED) is 0.551. The maximum Gasteiger partial charge on any atom is 0.226 e. The first kappa shape index (κ1) is 22.0. The lowest BCUT2D eigenvalue weighted by Gasteiger charge is -2.28. The summed E-state index contributed by atoms with van der Waals surface area (Å²) in [6.45, 7) is 4.55. The van der Waals surface area contributed by atoms with Crippen molar-refractivity contribution in [2.75, 3.05) is 11.9 Å². The lowest BCUT2D eigenvalue weighted by atomic mass is 9.96. The Bertz CT molecular complexity index is 1150. The Hall–Kier alpha value is -3.26. The minimum atomic E-state index is -0.456. The second-order valence-electron chi connectivity index (χ2n) is 7.98. The van der Waals surface area contributed by atoms with E-state index >= 15 is 0 Å². The van der Waals surface area contributed by atoms with Gasteiger partial charge in [-0.15, -0.1) is 0 Å². The summed E-state index contributed by atoms with van der Waals surface area (Å²) in [6.07, 6.45) is 1.94. The number of rotatable bonds is 6. The van der Waals surface area contributed by atoms with E-state index in [1.165, 1.54) is 6.07 Å². The van der Waals surface area contributed by atoms with Crippen molar-refractivity contribution in [1.82, 2.24) is 19.8 Å². The van der Waals surface area contributed by atoms with Crippen LogP contribution in [0.2, 0.25) is 0 Å². The van der Waals surface area contributed by atoms with E-state index < -0.39 is 5.82 Å². The molecular formula is C24H26FN5OS. The molecule has 3 heterocycles. The molecule has 0 unspecified atom stereocenters. The lowest BCUT2D eigenvalue weighted by Crippen LogP contribution is -2.33. The monoisotopic (exact) mass is 451 g/mol. The Morgan fingerprint density at radius 2 is 1.97 bits per heavy atom. The molecule has 1 aliphatic heterocycles. The Labute approximate surface area is 192 Å². The molecule has 1 amide bonds. The third-order valence-electron chi connectivity index (χ3n) is 6.06. The number of anilines is 1. The van der Waals surface area contributed by atoms with Gasteiger partial charge in [0.2, 0.25) is 5.91 Å². The van der Waals surface area contributed by atoms with Crippen LogP contribution in [0.5, 0.6) is 0 Å².